The summed E-state index contributed by atoms with van der Waals surface area (Å²) in [7, 11) is 0. The van der Waals surface area contributed by atoms with E-state index in [9.17, 15) is 18.4 Å². The van der Waals surface area contributed by atoms with Gasteiger partial charge >= 0.3 is 0 Å². The number of benzene rings is 1. The lowest BCUT2D eigenvalue weighted by molar-refractivity contribution is -0.139. The van der Waals surface area contributed by atoms with E-state index in [1.54, 1.807) is 4.90 Å². The number of rotatable bonds is 2. The Morgan fingerprint density at radius 1 is 1.16 bits per heavy atom. The second-order valence-electron chi connectivity index (χ2n) is 6.78. The van der Waals surface area contributed by atoms with Gasteiger partial charge in [-0.15, -0.1) is 0 Å². The van der Waals surface area contributed by atoms with E-state index in [1.165, 1.54) is 6.07 Å². The van der Waals surface area contributed by atoms with E-state index in [2.05, 4.69) is 5.32 Å². The highest BCUT2D eigenvalue weighted by atomic mass is 19.1. The van der Waals surface area contributed by atoms with Crippen LogP contribution in [0.25, 0.3) is 0 Å². The fourth-order valence-corrected chi connectivity index (χ4v) is 3.57. The lowest BCUT2D eigenvalue weighted by Crippen LogP contribution is -2.55. The van der Waals surface area contributed by atoms with Crippen LogP contribution in [0.4, 0.5) is 8.78 Å². The molecule has 2 heterocycles. The van der Waals surface area contributed by atoms with Gasteiger partial charge in [-0.3, -0.25) is 9.59 Å². The molecule has 7 heteroatoms. The number of carbonyl (C=O) groups excluding carboxylic acids is 2. The predicted octanol–water partition coefficient (Wildman–Crippen LogP) is 1.64. The Kier molecular flexibility index (Phi) is 5.32. The number of amides is 2. The first kappa shape index (κ1) is 17.8. The van der Waals surface area contributed by atoms with Gasteiger partial charge in [-0.05, 0) is 31.9 Å². The van der Waals surface area contributed by atoms with Crippen LogP contribution in [0.1, 0.15) is 30.1 Å². The third-order valence-corrected chi connectivity index (χ3v) is 5.08. The first-order valence-electron chi connectivity index (χ1n) is 8.73. The summed E-state index contributed by atoms with van der Waals surface area (Å²) in [5, 5.41) is 3.26. The van der Waals surface area contributed by atoms with Crippen molar-refractivity contribution in [3.05, 3.63) is 35.4 Å². The minimum Gasteiger partial charge on any atom is -0.339 e. The number of likely N-dealkylation sites (tertiary alicyclic amines) is 1. The number of halogens is 2. The Morgan fingerprint density at radius 3 is 2.52 bits per heavy atom. The molecule has 2 aliphatic rings. The molecule has 2 saturated heterocycles. The van der Waals surface area contributed by atoms with Crippen molar-refractivity contribution in [3.63, 3.8) is 0 Å². The molecular weight excluding hydrogens is 328 g/mol. The van der Waals surface area contributed by atoms with Gasteiger partial charge in [0.15, 0.2) is 0 Å². The number of nitrogens with one attached hydrogen (secondary N) is 1. The van der Waals surface area contributed by atoms with Gasteiger partial charge in [-0.25, -0.2) is 8.78 Å². The minimum atomic E-state index is -0.849. The normalized spacial score (nSPS) is 22.1. The summed E-state index contributed by atoms with van der Waals surface area (Å²) in [6.07, 6.45) is 1.15. The van der Waals surface area contributed by atoms with Crippen molar-refractivity contribution in [3.8, 4) is 0 Å². The molecule has 0 aromatic heterocycles. The van der Waals surface area contributed by atoms with Crippen molar-refractivity contribution < 1.29 is 18.4 Å². The van der Waals surface area contributed by atoms with Crippen molar-refractivity contribution in [2.75, 3.05) is 32.7 Å². The molecule has 2 amide bonds. The van der Waals surface area contributed by atoms with Crippen LogP contribution in [-0.2, 0) is 4.79 Å². The molecule has 25 heavy (non-hydrogen) atoms. The summed E-state index contributed by atoms with van der Waals surface area (Å²) in [5.74, 6) is -1.95. The lowest BCUT2D eigenvalue weighted by atomic mass is 9.94. The SMILES string of the molecule is CC1CNCCN1C(=O)C1CCN(C(=O)c2ccc(F)cc2F)CC1. The highest BCUT2D eigenvalue weighted by molar-refractivity contribution is 5.94. The van der Waals surface area contributed by atoms with Gasteiger partial charge in [0.2, 0.25) is 5.91 Å². The second-order valence-corrected chi connectivity index (χ2v) is 6.78. The van der Waals surface area contributed by atoms with Gasteiger partial charge in [-0.1, -0.05) is 0 Å². The first-order chi connectivity index (χ1) is 12.0. The molecule has 0 bridgehead atoms. The Morgan fingerprint density at radius 2 is 1.88 bits per heavy atom. The number of hydrogen-bond donors (Lipinski definition) is 1. The van der Waals surface area contributed by atoms with Gasteiger partial charge in [0.25, 0.3) is 5.91 Å². The molecular formula is C18H23F2N3O2. The maximum atomic E-state index is 13.8. The largest absolute Gasteiger partial charge is 0.339 e. The van der Waals surface area contributed by atoms with Crippen LogP contribution in [0.15, 0.2) is 18.2 Å². The van der Waals surface area contributed by atoms with Crippen LogP contribution >= 0.6 is 0 Å². The minimum absolute atomic E-state index is 0.0948. The van der Waals surface area contributed by atoms with E-state index >= 15 is 0 Å². The second kappa shape index (κ2) is 7.47. The molecule has 0 radical (unpaired) electrons. The van der Waals surface area contributed by atoms with Gasteiger partial charge in [0.1, 0.15) is 11.6 Å². The van der Waals surface area contributed by atoms with Crippen LogP contribution < -0.4 is 5.32 Å². The van der Waals surface area contributed by atoms with Gasteiger partial charge in [0.05, 0.1) is 5.56 Å². The average molecular weight is 351 g/mol. The molecule has 1 atom stereocenters. The van der Waals surface area contributed by atoms with Crippen molar-refractivity contribution in [2.24, 2.45) is 5.92 Å². The Balaban J connectivity index is 1.59. The molecule has 1 N–H and O–H groups in total. The summed E-state index contributed by atoms with van der Waals surface area (Å²) in [6.45, 7) is 5.16. The lowest BCUT2D eigenvalue weighted by Gasteiger charge is -2.39. The predicted molar refractivity (Wildman–Crippen MR) is 89.0 cm³/mol. The summed E-state index contributed by atoms with van der Waals surface area (Å²) in [4.78, 5) is 28.6. The Labute approximate surface area is 146 Å². The van der Waals surface area contributed by atoms with E-state index in [4.69, 9.17) is 0 Å². The zero-order valence-corrected chi connectivity index (χ0v) is 14.3. The third kappa shape index (κ3) is 3.81. The molecule has 3 rings (SSSR count). The fourth-order valence-electron chi connectivity index (χ4n) is 3.57. The van der Waals surface area contributed by atoms with Gasteiger partial charge in [-0.2, -0.15) is 0 Å². The first-order valence-corrected chi connectivity index (χ1v) is 8.73. The molecule has 5 nitrogen and oxygen atoms in total. The van der Waals surface area contributed by atoms with Crippen LogP contribution in [0, 0.1) is 17.6 Å². The maximum absolute atomic E-state index is 13.8. The number of piperidine rings is 1. The van der Waals surface area contributed by atoms with Crippen LogP contribution in [0.5, 0.6) is 0 Å². The average Bonchev–Trinajstić information content (AvgIpc) is 2.61. The number of nitrogens with zero attached hydrogens (tertiary/aromatic N) is 2. The standard InChI is InChI=1S/C18H23F2N3O2/c1-12-11-21-6-9-23(12)17(24)13-4-7-22(8-5-13)18(25)15-3-2-14(19)10-16(15)20/h2-3,10,12-13,21H,4-9,11H2,1H3. The van der Waals surface area contributed by atoms with E-state index < -0.39 is 17.5 Å². The van der Waals surface area contributed by atoms with E-state index in [0.29, 0.717) is 32.5 Å². The molecule has 1 aromatic rings. The van der Waals surface area contributed by atoms with Crippen molar-refractivity contribution >= 4 is 11.8 Å². The van der Waals surface area contributed by atoms with Crippen molar-refractivity contribution in [2.45, 2.75) is 25.8 Å². The number of carbonyl (C=O) groups is 2. The van der Waals surface area contributed by atoms with E-state index in [1.807, 2.05) is 11.8 Å². The van der Waals surface area contributed by atoms with E-state index in [0.717, 1.165) is 25.2 Å². The number of hydrogen-bond acceptors (Lipinski definition) is 3. The fraction of sp³-hybridized carbons (Fsp3) is 0.556. The third-order valence-electron chi connectivity index (χ3n) is 5.08. The summed E-state index contributed by atoms with van der Waals surface area (Å²) >= 11 is 0. The smallest absolute Gasteiger partial charge is 0.256 e. The Hall–Kier alpha value is -2.02. The molecule has 0 saturated carbocycles. The maximum Gasteiger partial charge on any atom is 0.256 e. The zero-order chi connectivity index (χ0) is 18.0. The highest BCUT2D eigenvalue weighted by Crippen LogP contribution is 2.23. The highest BCUT2D eigenvalue weighted by Gasteiger charge is 2.33. The van der Waals surface area contributed by atoms with Crippen LogP contribution in [0.3, 0.4) is 0 Å². The van der Waals surface area contributed by atoms with Gasteiger partial charge < -0.3 is 15.1 Å². The van der Waals surface area contributed by atoms with Crippen LogP contribution in [-0.4, -0.2) is 60.4 Å². The quantitative estimate of drug-likeness (QED) is 0.881. The molecule has 0 spiro atoms. The molecule has 1 aromatic carbocycles. The van der Waals surface area contributed by atoms with Crippen molar-refractivity contribution in [1.29, 1.82) is 0 Å². The summed E-state index contributed by atoms with van der Waals surface area (Å²) in [5.41, 5.74) is -0.123. The molecule has 136 valence electrons. The number of piperazine rings is 1. The Bertz CT molecular complexity index is 660. The summed E-state index contributed by atoms with van der Waals surface area (Å²) in [6, 6.07) is 3.15. The van der Waals surface area contributed by atoms with Crippen LogP contribution in [0.2, 0.25) is 0 Å². The van der Waals surface area contributed by atoms with E-state index in [-0.39, 0.29) is 23.4 Å². The van der Waals surface area contributed by atoms with Crippen molar-refractivity contribution in [1.82, 2.24) is 15.1 Å². The molecule has 1 unspecified atom stereocenters. The topological polar surface area (TPSA) is 52.7 Å². The molecule has 0 aliphatic carbocycles. The zero-order valence-electron chi connectivity index (χ0n) is 14.3. The monoisotopic (exact) mass is 351 g/mol. The molecule has 2 fully saturated rings. The summed E-state index contributed by atoms with van der Waals surface area (Å²) < 4.78 is 26.8. The molecule has 2 aliphatic heterocycles. The van der Waals surface area contributed by atoms with Gasteiger partial charge in [0, 0.05) is 50.7 Å².